The van der Waals surface area contributed by atoms with Gasteiger partial charge in [0.1, 0.15) is 0 Å². The van der Waals surface area contributed by atoms with Crippen LogP contribution in [-0.2, 0) is 9.59 Å². The Morgan fingerprint density at radius 1 is 1.27 bits per heavy atom. The standard InChI is InChI=1S/C19H26FN3O3/c20-15-6-1-2-8-17(15)26-13-18(24)23-10-4-5-14(12-23)11-22-19(25)16-7-3-9-21-16/h1-2,6,8,14,16,21H,3-5,7,9-13H2,(H,22,25). The van der Waals surface area contributed by atoms with Gasteiger partial charge in [0.05, 0.1) is 6.04 Å². The molecule has 1 aromatic carbocycles. The third kappa shape index (κ3) is 4.94. The molecule has 0 aromatic heterocycles. The summed E-state index contributed by atoms with van der Waals surface area (Å²) < 4.78 is 18.9. The van der Waals surface area contributed by atoms with Crippen molar-refractivity contribution < 1.29 is 18.7 Å². The number of para-hydroxylation sites is 1. The molecular weight excluding hydrogens is 337 g/mol. The topological polar surface area (TPSA) is 70.7 Å². The van der Waals surface area contributed by atoms with Crippen molar-refractivity contribution in [3.05, 3.63) is 30.1 Å². The van der Waals surface area contributed by atoms with E-state index in [0.717, 1.165) is 32.2 Å². The van der Waals surface area contributed by atoms with E-state index in [0.29, 0.717) is 19.6 Å². The van der Waals surface area contributed by atoms with Crippen LogP contribution in [0.2, 0.25) is 0 Å². The predicted octanol–water partition coefficient (Wildman–Crippen LogP) is 1.31. The molecule has 2 aliphatic rings. The minimum Gasteiger partial charge on any atom is -0.481 e. The minimum atomic E-state index is -0.472. The number of halogens is 1. The van der Waals surface area contributed by atoms with Gasteiger partial charge in [-0.05, 0) is 50.3 Å². The summed E-state index contributed by atoms with van der Waals surface area (Å²) in [5.74, 6) is -0.243. The lowest BCUT2D eigenvalue weighted by Crippen LogP contribution is -2.47. The average Bonchev–Trinajstić information content (AvgIpc) is 3.20. The van der Waals surface area contributed by atoms with Crippen molar-refractivity contribution in [1.29, 1.82) is 0 Å². The molecule has 7 heteroatoms. The SMILES string of the molecule is O=C(NCC1CCCN(C(=O)COc2ccccc2F)C1)C1CCCN1. The van der Waals surface area contributed by atoms with Crippen LogP contribution in [-0.4, -0.2) is 55.5 Å². The summed E-state index contributed by atoms with van der Waals surface area (Å²) >= 11 is 0. The van der Waals surface area contributed by atoms with Crippen molar-refractivity contribution >= 4 is 11.8 Å². The van der Waals surface area contributed by atoms with Crippen molar-refractivity contribution in [3.8, 4) is 5.75 Å². The molecule has 6 nitrogen and oxygen atoms in total. The van der Waals surface area contributed by atoms with E-state index in [1.54, 1.807) is 17.0 Å². The van der Waals surface area contributed by atoms with E-state index in [4.69, 9.17) is 4.74 Å². The third-order valence-electron chi connectivity index (χ3n) is 5.00. The molecule has 142 valence electrons. The second-order valence-electron chi connectivity index (χ2n) is 6.96. The molecule has 2 saturated heterocycles. The number of nitrogens with one attached hydrogen (secondary N) is 2. The Morgan fingerprint density at radius 2 is 2.12 bits per heavy atom. The third-order valence-corrected chi connectivity index (χ3v) is 5.00. The van der Waals surface area contributed by atoms with Crippen molar-refractivity contribution in [1.82, 2.24) is 15.5 Å². The Kier molecular flexibility index (Phi) is 6.44. The van der Waals surface area contributed by atoms with Gasteiger partial charge in [0.25, 0.3) is 5.91 Å². The quantitative estimate of drug-likeness (QED) is 0.800. The van der Waals surface area contributed by atoms with Gasteiger partial charge in [0, 0.05) is 19.6 Å². The second kappa shape index (κ2) is 8.98. The summed E-state index contributed by atoms with van der Waals surface area (Å²) in [7, 11) is 0. The van der Waals surface area contributed by atoms with Crippen LogP contribution in [0, 0.1) is 11.7 Å². The first-order valence-electron chi connectivity index (χ1n) is 9.29. The van der Waals surface area contributed by atoms with Crippen molar-refractivity contribution in [2.24, 2.45) is 5.92 Å². The van der Waals surface area contributed by atoms with E-state index in [2.05, 4.69) is 10.6 Å². The molecule has 3 rings (SSSR count). The summed E-state index contributed by atoms with van der Waals surface area (Å²) in [5.41, 5.74) is 0. The Balaban J connectivity index is 1.43. The van der Waals surface area contributed by atoms with E-state index in [-0.39, 0.29) is 36.1 Å². The number of hydrogen-bond acceptors (Lipinski definition) is 4. The summed E-state index contributed by atoms with van der Waals surface area (Å²) in [4.78, 5) is 26.2. The highest BCUT2D eigenvalue weighted by atomic mass is 19.1. The molecule has 2 heterocycles. The van der Waals surface area contributed by atoms with Gasteiger partial charge in [-0.25, -0.2) is 4.39 Å². The molecule has 2 amide bonds. The van der Waals surface area contributed by atoms with Crippen molar-refractivity contribution in [2.45, 2.75) is 31.7 Å². The van der Waals surface area contributed by atoms with Gasteiger partial charge in [-0.2, -0.15) is 0 Å². The molecular formula is C19H26FN3O3. The Morgan fingerprint density at radius 3 is 2.88 bits per heavy atom. The van der Waals surface area contributed by atoms with Gasteiger partial charge in [-0.1, -0.05) is 12.1 Å². The number of rotatable bonds is 6. The number of piperidine rings is 1. The van der Waals surface area contributed by atoms with E-state index in [1.807, 2.05) is 0 Å². The average molecular weight is 363 g/mol. The van der Waals surface area contributed by atoms with Gasteiger partial charge in [0.15, 0.2) is 18.2 Å². The molecule has 2 N–H and O–H groups in total. The van der Waals surface area contributed by atoms with Gasteiger partial charge in [-0.15, -0.1) is 0 Å². The summed E-state index contributed by atoms with van der Waals surface area (Å²) in [6, 6.07) is 5.98. The largest absolute Gasteiger partial charge is 0.481 e. The van der Waals surface area contributed by atoms with Crippen LogP contribution >= 0.6 is 0 Å². The number of amides is 2. The zero-order valence-corrected chi connectivity index (χ0v) is 14.9. The lowest BCUT2D eigenvalue weighted by Gasteiger charge is -2.33. The molecule has 0 spiro atoms. The second-order valence-corrected chi connectivity index (χ2v) is 6.96. The summed E-state index contributed by atoms with van der Waals surface area (Å²) in [6.07, 6.45) is 3.80. The van der Waals surface area contributed by atoms with E-state index in [1.165, 1.54) is 12.1 Å². The fourth-order valence-electron chi connectivity index (χ4n) is 3.53. The zero-order chi connectivity index (χ0) is 18.4. The molecule has 2 atom stereocenters. The summed E-state index contributed by atoms with van der Waals surface area (Å²) in [6.45, 7) is 2.57. The van der Waals surface area contributed by atoms with E-state index in [9.17, 15) is 14.0 Å². The van der Waals surface area contributed by atoms with Crippen LogP contribution in [0.5, 0.6) is 5.75 Å². The first-order chi connectivity index (χ1) is 12.6. The predicted molar refractivity (Wildman–Crippen MR) is 95.2 cm³/mol. The monoisotopic (exact) mass is 363 g/mol. The lowest BCUT2D eigenvalue weighted by atomic mass is 9.97. The molecule has 0 saturated carbocycles. The number of hydrogen-bond donors (Lipinski definition) is 2. The maximum atomic E-state index is 13.6. The number of nitrogens with zero attached hydrogens (tertiary/aromatic N) is 1. The molecule has 2 aliphatic heterocycles. The first-order valence-corrected chi connectivity index (χ1v) is 9.29. The fourth-order valence-corrected chi connectivity index (χ4v) is 3.53. The van der Waals surface area contributed by atoms with E-state index < -0.39 is 5.82 Å². The highest BCUT2D eigenvalue weighted by Gasteiger charge is 2.26. The highest BCUT2D eigenvalue weighted by Crippen LogP contribution is 2.18. The minimum absolute atomic E-state index is 0.0498. The summed E-state index contributed by atoms with van der Waals surface area (Å²) in [5, 5.41) is 6.18. The normalized spacial score (nSPS) is 22.9. The molecule has 2 fully saturated rings. The molecule has 1 aromatic rings. The number of likely N-dealkylation sites (tertiary alicyclic amines) is 1. The zero-order valence-electron chi connectivity index (χ0n) is 14.9. The Hall–Kier alpha value is -2.15. The van der Waals surface area contributed by atoms with Crippen LogP contribution in [0.25, 0.3) is 0 Å². The van der Waals surface area contributed by atoms with Crippen LogP contribution in [0.4, 0.5) is 4.39 Å². The first kappa shape index (κ1) is 18.6. The van der Waals surface area contributed by atoms with Gasteiger partial charge < -0.3 is 20.3 Å². The smallest absolute Gasteiger partial charge is 0.260 e. The number of benzene rings is 1. The van der Waals surface area contributed by atoms with Crippen LogP contribution in [0.1, 0.15) is 25.7 Å². The maximum absolute atomic E-state index is 13.6. The van der Waals surface area contributed by atoms with Gasteiger partial charge >= 0.3 is 0 Å². The molecule has 2 unspecified atom stereocenters. The van der Waals surface area contributed by atoms with E-state index >= 15 is 0 Å². The van der Waals surface area contributed by atoms with Crippen LogP contribution in [0.3, 0.4) is 0 Å². The van der Waals surface area contributed by atoms with Crippen molar-refractivity contribution in [2.75, 3.05) is 32.8 Å². The number of carbonyl (C=O) groups excluding carboxylic acids is 2. The van der Waals surface area contributed by atoms with Crippen LogP contribution in [0.15, 0.2) is 24.3 Å². The van der Waals surface area contributed by atoms with Gasteiger partial charge in [-0.3, -0.25) is 9.59 Å². The molecule has 26 heavy (non-hydrogen) atoms. The molecule has 0 bridgehead atoms. The van der Waals surface area contributed by atoms with Crippen LogP contribution < -0.4 is 15.4 Å². The highest BCUT2D eigenvalue weighted by molar-refractivity contribution is 5.82. The number of carbonyl (C=O) groups is 2. The Labute approximate surface area is 153 Å². The number of ether oxygens (including phenoxy) is 1. The molecule has 0 aliphatic carbocycles. The molecule has 0 radical (unpaired) electrons. The lowest BCUT2D eigenvalue weighted by molar-refractivity contribution is -0.135. The maximum Gasteiger partial charge on any atom is 0.260 e. The van der Waals surface area contributed by atoms with Gasteiger partial charge in [0.2, 0.25) is 5.91 Å². The Bertz CT molecular complexity index is 634. The fraction of sp³-hybridized carbons (Fsp3) is 0.579. The van der Waals surface area contributed by atoms with Crippen molar-refractivity contribution in [3.63, 3.8) is 0 Å².